The van der Waals surface area contributed by atoms with Crippen molar-refractivity contribution < 1.29 is 9.59 Å². The molecule has 0 aromatic rings. The molecule has 88 valence electrons. The lowest BCUT2D eigenvalue weighted by molar-refractivity contribution is -0.116. The molecule has 2 nitrogen and oxygen atoms in total. The van der Waals surface area contributed by atoms with Crippen LogP contribution in [0.3, 0.4) is 0 Å². The summed E-state index contributed by atoms with van der Waals surface area (Å²) in [6.45, 7) is 0. The largest absolute Gasteiger partial charge is 0.289 e. The second-order valence-corrected chi connectivity index (χ2v) is 4.18. The fourth-order valence-corrected chi connectivity index (χ4v) is 2.61. The van der Waals surface area contributed by atoms with E-state index in [1.54, 1.807) is 0 Å². The maximum atomic E-state index is 11.9. The van der Waals surface area contributed by atoms with E-state index in [0.29, 0.717) is 0 Å². The van der Waals surface area contributed by atoms with Gasteiger partial charge in [-0.15, -0.1) is 46.4 Å². The van der Waals surface area contributed by atoms with Crippen molar-refractivity contribution in [2.75, 3.05) is 23.5 Å². The van der Waals surface area contributed by atoms with Gasteiger partial charge in [0.2, 0.25) is 0 Å². The van der Waals surface area contributed by atoms with Gasteiger partial charge in [0, 0.05) is 22.3 Å². The zero-order valence-electron chi connectivity index (χ0n) is 8.16. The van der Waals surface area contributed by atoms with Gasteiger partial charge in [0.05, 0.1) is 23.5 Å². The number of hydrogen-bond acceptors (Lipinski definition) is 2. The van der Waals surface area contributed by atoms with Crippen LogP contribution in [0.4, 0.5) is 0 Å². The monoisotopic (exact) mass is 300 g/mol. The smallest absolute Gasteiger partial charge is 0.188 e. The predicted molar refractivity (Wildman–Crippen MR) is 66.9 cm³/mol. The van der Waals surface area contributed by atoms with Crippen molar-refractivity contribution in [3.63, 3.8) is 0 Å². The number of rotatable bonds is 4. The molecule has 0 atom stereocenters. The lowest BCUT2D eigenvalue weighted by atomic mass is 9.86. The highest BCUT2D eigenvalue weighted by Crippen LogP contribution is 2.27. The second kappa shape index (κ2) is 6.06. The predicted octanol–water partition coefficient (Wildman–Crippen LogP) is 2.69. The first kappa shape index (κ1) is 14.0. The van der Waals surface area contributed by atoms with Crippen LogP contribution >= 0.6 is 46.4 Å². The van der Waals surface area contributed by atoms with Crippen LogP contribution in [0.1, 0.15) is 0 Å². The van der Waals surface area contributed by atoms with Crippen LogP contribution in [0.5, 0.6) is 0 Å². The summed E-state index contributed by atoms with van der Waals surface area (Å²) in [7, 11) is 0. The van der Waals surface area contributed by atoms with Crippen LogP contribution in [0.2, 0.25) is 0 Å². The molecule has 6 heteroatoms. The van der Waals surface area contributed by atoms with E-state index in [2.05, 4.69) is 0 Å². The van der Waals surface area contributed by atoms with Crippen molar-refractivity contribution in [1.82, 2.24) is 0 Å². The number of alkyl halides is 4. The van der Waals surface area contributed by atoms with Gasteiger partial charge in [-0.05, 0) is 0 Å². The molecule has 0 aromatic heterocycles. The van der Waals surface area contributed by atoms with Crippen molar-refractivity contribution in [3.05, 3.63) is 22.3 Å². The SMILES string of the molecule is O=C1C(CCl)=C(CCl)C(=O)C(CCl)=C1CCl. The van der Waals surface area contributed by atoms with Crippen LogP contribution in [0.25, 0.3) is 0 Å². The Morgan fingerprint density at radius 1 is 0.562 bits per heavy atom. The molecule has 0 bridgehead atoms. The maximum Gasteiger partial charge on any atom is 0.188 e. The molecule has 0 aliphatic heterocycles. The summed E-state index contributed by atoms with van der Waals surface area (Å²) in [6, 6.07) is 0. The van der Waals surface area contributed by atoms with Crippen LogP contribution in [-0.4, -0.2) is 35.1 Å². The first-order valence-electron chi connectivity index (χ1n) is 4.39. The van der Waals surface area contributed by atoms with E-state index in [4.69, 9.17) is 46.4 Å². The first-order valence-corrected chi connectivity index (χ1v) is 6.53. The number of carbonyl (C=O) groups excluding carboxylic acids is 2. The van der Waals surface area contributed by atoms with E-state index >= 15 is 0 Å². The Morgan fingerprint density at radius 2 is 0.750 bits per heavy atom. The van der Waals surface area contributed by atoms with Crippen molar-refractivity contribution in [1.29, 1.82) is 0 Å². The van der Waals surface area contributed by atoms with Crippen molar-refractivity contribution in [3.8, 4) is 0 Å². The zero-order valence-corrected chi connectivity index (χ0v) is 11.2. The highest BCUT2D eigenvalue weighted by Gasteiger charge is 2.32. The molecule has 0 spiro atoms. The van der Waals surface area contributed by atoms with Gasteiger partial charge in [0.1, 0.15) is 0 Å². The minimum atomic E-state index is -0.323. The van der Waals surface area contributed by atoms with E-state index in [-0.39, 0.29) is 57.4 Å². The van der Waals surface area contributed by atoms with Gasteiger partial charge in [-0.2, -0.15) is 0 Å². The number of carbonyl (C=O) groups is 2. The molecule has 0 unspecified atom stereocenters. The van der Waals surface area contributed by atoms with Crippen molar-refractivity contribution >= 4 is 58.0 Å². The normalized spacial score (nSPS) is 17.5. The van der Waals surface area contributed by atoms with E-state index in [9.17, 15) is 9.59 Å². The van der Waals surface area contributed by atoms with Crippen LogP contribution in [-0.2, 0) is 9.59 Å². The highest BCUT2D eigenvalue weighted by molar-refractivity contribution is 6.38. The minimum Gasteiger partial charge on any atom is -0.289 e. The highest BCUT2D eigenvalue weighted by atomic mass is 35.5. The summed E-state index contributed by atoms with van der Waals surface area (Å²) in [5.41, 5.74) is 0.912. The summed E-state index contributed by atoms with van der Waals surface area (Å²) in [4.78, 5) is 23.8. The Hall–Kier alpha value is -0.0200. The number of hydrogen-bond donors (Lipinski definition) is 0. The molecule has 1 rings (SSSR count). The van der Waals surface area contributed by atoms with Crippen LogP contribution < -0.4 is 0 Å². The molecular weight excluding hydrogens is 294 g/mol. The molecule has 0 N–H and O–H groups in total. The summed E-state index contributed by atoms with van der Waals surface area (Å²) < 4.78 is 0. The fourth-order valence-electron chi connectivity index (χ4n) is 1.48. The van der Waals surface area contributed by atoms with Gasteiger partial charge in [-0.1, -0.05) is 0 Å². The Balaban J connectivity index is 3.35. The molecule has 0 fully saturated rings. The van der Waals surface area contributed by atoms with Gasteiger partial charge in [-0.25, -0.2) is 0 Å². The minimum absolute atomic E-state index is 0.0530. The molecule has 16 heavy (non-hydrogen) atoms. The van der Waals surface area contributed by atoms with Gasteiger partial charge in [0.15, 0.2) is 11.6 Å². The number of ketones is 2. The standard InChI is InChI=1S/C10H8Cl4O2/c11-1-5-6(2-12)10(16)8(4-14)7(3-13)9(5)15/h1-4H2. The molecule has 0 amide bonds. The molecular formula is C10H8Cl4O2. The van der Waals surface area contributed by atoms with Crippen LogP contribution in [0, 0.1) is 0 Å². The second-order valence-electron chi connectivity index (χ2n) is 3.11. The average molecular weight is 302 g/mol. The molecule has 0 saturated carbocycles. The van der Waals surface area contributed by atoms with Gasteiger partial charge >= 0.3 is 0 Å². The van der Waals surface area contributed by atoms with Crippen LogP contribution in [0.15, 0.2) is 22.3 Å². The summed E-state index contributed by atoms with van der Waals surface area (Å²) >= 11 is 22.6. The third kappa shape index (κ3) is 2.30. The first-order chi connectivity index (χ1) is 7.62. The molecule has 1 aliphatic carbocycles. The van der Waals surface area contributed by atoms with E-state index in [0.717, 1.165) is 0 Å². The van der Waals surface area contributed by atoms with Gasteiger partial charge in [-0.3, -0.25) is 9.59 Å². The lowest BCUT2D eigenvalue weighted by Gasteiger charge is -2.19. The third-order valence-corrected chi connectivity index (χ3v) is 3.43. The Labute approximate surface area is 113 Å². The number of halogens is 4. The summed E-state index contributed by atoms with van der Waals surface area (Å²) in [5, 5.41) is 0. The Bertz CT molecular complexity index is 326. The topological polar surface area (TPSA) is 34.1 Å². The Morgan fingerprint density at radius 3 is 0.875 bits per heavy atom. The molecule has 1 aliphatic rings. The molecule has 0 heterocycles. The van der Waals surface area contributed by atoms with Gasteiger partial charge < -0.3 is 0 Å². The quantitative estimate of drug-likeness (QED) is 0.591. The number of Topliss-reactive ketones (excluding diaryl/α,β-unsaturated/α-hetero) is 2. The fraction of sp³-hybridized carbons (Fsp3) is 0.400. The van der Waals surface area contributed by atoms with Crippen molar-refractivity contribution in [2.45, 2.75) is 0 Å². The van der Waals surface area contributed by atoms with E-state index < -0.39 is 0 Å². The van der Waals surface area contributed by atoms with E-state index in [1.165, 1.54) is 0 Å². The lowest BCUT2D eigenvalue weighted by Crippen LogP contribution is -2.27. The molecule has 0 aromatic carbocycles. The van der Waals surface area contributed by atoms with Crippen molar-refractivity contribution in [2.24, 2.45) is 0 Å². The van der Waals surface area contributed by atoms with Gasteiger partial charge in [0.25, 0.3) is 0 Å². The Kier molecular flexibility index (Phi) is 5.32. The number of allylic oxidation sites excluding steroid dienone is 4. The summed E-state index contributed by atoms with van der Waals surface area (Å²) in [6.07, 6.45) is 0. The maximum absolute atomic E-state index is 11.9. The third-order valence-electron chi connectivity index (χ3n) is 2.36. The molecule has 0 radical (unpaired) electrons. The average Bonchev–Trinajstić information content (AvgIpc) is 2.30. The molecule has 0 saturated heterocycles. The zero-order chi connectivity index (χ0) is 12.3. The van der Waals surface area contributed by atoms with E-state index in [1.807, 2.05) is 0 Å². The summed E-state index contributed by atoms with van der Waals surface area (Å²) in [5.74, 6) is -0.858.